The summed E-state index contributed by atoms with van der Waals surface area (Å²) in [6.45, 7) is 2.00. The number of benzene rings is 2. The fraction of sp³-hybridized carbons (Fsp3) is 0.308. The Labute approximate surface area is 176 Å². The van der Waals surface area contributed by atoms with Crippen LogP contribution in [0.15, 0.2) is 66.9 Å². The van der Waals surface area contributed by atoms with E-state index in [9.17, 15) is 10.1 Å². The van der Waals surface area contributed by atoms with Gasteiger partial charge in [0.05, 0.1) is 11.8 Å². The second kappa shape index (κ2) is 7.50. The molecule has 148 valence electrons. The van der Waals surface area contributed by atoms with Gasteiger partial charge in [0.1, 0.15) is 5.92 Å². The van der Waals surface area contributed by atoms with Gasteiger partial charge in [0.15, 0.2) is 11.6 Å². The van der Waals surface area contributed by atoms with Crippen molar-refractivity contribution >= 4 is 5.78 Å². The van der Waals surface area contributed by atoms with Gasteiger partial charge in [-0.3, -0.25) is 4.79 Å². The van der Waals surface area contributed by atoms with E-state index in [1.54, 1.807) is 0 Å². The number of aromatic nitrogens is 2. The van der Waals surface area contributed by atoms with Crippen LogP contribution < -0.4 is 0 Å². The van der Waals surface area contributed by atoms with Gasteiger partial charge in [-0.1, -0.05) is 67.6 Å². The van der Waals surface area contributed by atoms with Crippen molar-refractivity contribution in [3.8, 4) is 17.5 Å². The van der Waals surface area contributed by atoms with Gasteiger partial charge in [0.25, 0.3) is 0 Å². The molecular formula is C26H23N3O. The summed E-state index contributed by atoms with van der Waals surface area (Å²) in [6, 6.07) is 22.4. The largest absolute Gasteiger partial charge is 0.298 e. The average Bonchev–Trinajstić information content (AvgIpc) is 2.81. The highest BCUT2D eigenvalue weighted by Crippen LogP contribution is 2.54. The number of carbonyl (C=O) groups is 1. The lowest BCUT2D eigenvalue weighted by atomic mass is 9.56. The van der Waals surface area contributed by atoms with Crippen LogP contribution in [0.3, 0.4) is 0 Å². The molecule has 2 aliphatic carbocycles. The van der Waals surface area contributed by atoms with E-state index >= 15 is 0 Å². The number of aryl methyl sites for hydroxylation is 1. The van der Waals surface area contributed by atoms with E-state index in [4.69, 9.17) is 4.98 Å². The van der Waals surface area contributed by atoms with Crippen LogP contribution in [0.1, 0.15) is 42.0 Å². The normalized spacial score (nSPS) is 27.6. The van der Waals surface area contributed by atoms with Crippen LogP contribution in [0.4, 0.5) is 0 Å². The molecule has 0 saturated heterocycles. The molecule has 0 spiro atoms. The van der Waals surface area contributed by atoms with Crippen LogP contribution in [0.5, 0.6) is 0 Å². The lowest BCUT2D eigenvalue weighted by molar-refractivity contribution is -0.130. The van der Waals surface area contributed by atoms with Gasteiger partial charge in [-0.2, -0.15) is 5.26 Å². The molecule has 0 radical (unpaired) electrons. The third-order valence-electron chi connectivity index (χ3n) is 6.92. The van der Waals surface area contributed by atoms with Gasteiger partial charge in [0, 0.05) is 29.5 Å². The van der Waals surface area contributed by atoms with Crippen LogP contribution in [0.2, 0.25) is 0 Å². The number of fused-ring (bicyclic) bond motifs is 3. The zero-order chi connectivity index (χ0) is 20.7. The van der Waals surface area contributed by atoms with Crippen LogP contribution in [-0.2, 0) is 11.2 Å². The van der Waals surface area contributed by atoms with Crippen LogP contribution >= 0.6 is 0 Å². The average molecular weight is 393 g/mol. The molecule has 1 fully saturated rings. The Bertz CT molecular complexity index is 1120. The Morgan fingerprint density at radius 2 is 1.70 bits per heavy atom. The van der Waals surface area contributed by atoms with Crippen LogP contribution in [0, 0.1) is 29.1 Å². The summed E-state index contributed by atoms with van der Waals surface area (Å²) in [5, 5.41) is 9.98. The van der Waals surface area contributed by atoms with E-state index in [1.165, 1.54) is 0 Å². The molecule has 0 bridgehead atoms. The van der Waals surface area contributed by atoms with Crippen molar-refractivity contribution in [1.29, 1.82) is 5.26 Å². The Hall–Kier alpha value is -3.32. The minimum atomic E-state index is -0.648. The summed E-state index contributed by atoms with van der Waals surface area (Å²) in [6.07, 6.45) is 3.76. The second-order valence-electron chi connectivity index (χ2n) is 8.43. The molecule has 1 saturated carbocycles. The summed E-state index contributed by atoms with van der Waals surface area (Å²) < 4.78 is 0. The molecule has 2 aliphatic rings. The lowest BCUT2D eigenvalue weighted by Crippen LogP contribution is -2.45. The summed E-state index contributed by atoms with van der Waals surface area (Å²) in [5.41, 5.74) is 4.20. The smallest absolute Gasteiger partial charge is 0.159 e. The molecule has 5 atom stereocenters. The molecular weight excluding hydrogens is 370 g/mol. The molecule has 0 amide bonds. The van der Waals surface area contributed by atoms with E-state index in [2.05, 4.69) is 11.1 Å². The predicted molar refractivity (Wildman–Crippen MR) is 114 cm³/mol. The first-order valence-corrected chi connectivity index (χ1v) is 10.6. The molecule has 4 heteroatoms. The fourth-order valence-corrected chi connectivity index (χ4v) is 5.43. The van der Waals surface area contributed by atoms with Gasteiger partial charge in [-0.05, 0) is 29.9 Å². The van der Waals surface area contributed by atoms with E-state index in [0.717, 1.165) is 35.2 Å². The number of carbonyl (C=O) groups excluding carboxylic acids is 1. The van der Waals surface area contributed by atoms with Crippen LogP contribution in [0.25, 0.3) is 11.4 Å². The van der Waals surface area contributed by atoms with E-state index < -0.39 is 5.92 Å². The summed E-state index contributed by atoms with van der Waals surface area (Å²) in [7, 11) is 0. The van der Waals surface area contributed by atoms with Crippen molar-refractivity contribution < 1.29 is 4.79 Å². The zero-order valence-corrected chi connectivity index (χ0v) is 16.9. The molecule has 3 unspecified atom stereocenters. The molecule has 3 aromatic rings. The highest BCUT2D eigenvalue weighted by atomic mass is 16.1. The Balaban J connectivity index is 1.69. The Kier molecular flexibility index (Phi) is 4.67. The van der Waals surface area contributed by atoms with Crippen molar-refractivity contribution in [2.24, 2.45) is 17.8 Å². The fourth-order valence-electron chi connectivity index (χ4n) is 5.43. The van der Waals surface area contributed by atoms with Gasteiger partial charge in [-0.25, -0.2) is 9.97 Å². The number of hydrogen-bond acceptors (Lipinski definition) is 4. The number of nitrogens with zero attached hydrogens (tertiary/aromatic N) is 3. The standard InChI is InChI=1S/C26H23N3O/c1-16-20-13-12-19-15-28-26(18-10-6-3-7-11-18)29-24(19)23(20)22(21(14-27)25(16)30)17-8-4-2-5-9-17/h2-11,15-16,20-23H,12-13H2,1H3/t16-,20?,21?,22-,23?/m0/s1. The minimum Gasteiger partial charge on any atom is -0.298 e. The third-order valence-corrected chi connectivity index (χ3v) is 6.92. The van der Waals surface area contributed by atoms with Gasteiger partial charge >= 0.3 is 0 Å². The Morgan fingerprint density at radius 1 is 1.00 bits per heavy atom. The summed E-state index contributed by atoms with van der Waals surface area (Å²) >= 11 is 0. The first kappa shape index (κ1) is 18.7. The topological polar surface area (TPSA) is 66.6 Å². The van der Waals surface area contributed by atoms with Crippen LogP contribution in [-0.4, -0.2) is 15.8 Å². The predicted octanol–water partition coefficient (Wildman–Crippen LogP) is 4.93. The highest BCUT2D eigenvalue weighted by molar-refractivity contribution is 5.88. The zero-order valence-electron chi connectivity index (χ0n) is 16.9. The first-order valence-electron chi connectivity index (χ1n) is 10.6. The highest BCUT2D eigenvalue weighted by Gasteiger charge is 2.51. The van der Waals surface area contributed by atoms with E-state index in [1.807, 2.05) is 73.8 Å². The first-order chi connectivity index (χ1) is 14.7. The number of Topliss-reactive ketones (excluding diaryl/α,β-unsaturated/α-hetero) is 1. The lowest BCUT2D eigenvalue weighted by Gasteiger charge is -2.46. The maximum Gasteiger partial charge on any atom is 0.159 e. The molecule has 4 nitrogen and oxygen atoms in total. The van der Waals surface area contributed by atoms with Crippen molar-refractivity contribution in [3.63, 3.8) is 0 Å². The SMILES string of the molecule is C[C@@H]1C(=O)C(C#N)[C@H](c2ccccc2)C2c3nc(-c4ccccc4)ncc3CCC21. The molecule has 2 aromatic carbocycles. The molecule has 1 heterocycles. The third kappa shape index (κ3) is 2.93. The van der Waals surface area contributed by atoms with Crippen molar-refractivity contribution in [2.45, 2.75) is 31.6 Å². The van der Waals surface area contributed by atoms with Gasteiger partial charge in [0.2, 0.25) is 0 Å². The molecule has 1 aromatic heterocycles. The number of nitriles is 1. The number of hydrogen-bond donors (Lipinski definition) is 0. The quantitative estimate of drug-likeness (QED) is 0.619. The monoisotopic (exact) mass is 393 g/mol. The summed E-state index contributed by atoms with van der Waals surface area (Å²) in [4.78, 5) is 22.8. The number of rotatable bonds is 2. The Morgan fingerprint density at radius 3 is 2.40 bits per heavy atom. The summed E-state index contributed by atoms with van der Waals surface area (Å²) in [5.74, 6) is 0.0562. The maximum atomic E-state index is 13.1. The molecule has 30 heavy (non-hydrogen) atoms. The van der Waals surface area contributed by atoms with Crippen molar-refractivity contribution in [3.05, 3.63) is 83.7 Å². The van der Waals surface area contributed by atoms with Crippen molar-refractivity contribution in [1.82, 2.24) is 9.97 Å². The van der Waals surface area contributed by atoms with Gasteiger partial charge < -0.3 is 0 Å². The molecule has 5 rings (SSSR count). The second-order valence-corrected chi connectivity index (χ2v) is 8.43. The van der Waals surface area contributed by atoms with E-state index in [0.29, 0.717) is 5.82 Å². The molecule has 0 N–H and O–H groups in total. The van der Waals surface area contributed by atoms with Crippen molar-refractivity contribution in [2.75, 3.05) is 0 Å². The molecule has 0 aliphatic heterocycles. The maximum absolute atomic E-state index is 13.1. The minimum absolute atomic E-state index is 0.0407. The van der Waals surface area contributed by atoms with Gasteiger partial charge in [-0.15, -0.1) is 0 Å². The van der Waals surface area contributed by atoms with E-state index in [-0.39, 0.29) is 29.5 Å². The number of ketones is 1.